The summed E-state index contributed by atoms with van der Waals surface area (Å²) >= 11 is 1.56. The average molecular weight is 654 g/mol. The molecule has 1 saturated heterocycles. The van der Waals surface area contributed by atoms with Crippen LogP contribution in [0.15, 0.2) is 29.1 Å². The van der Waals surface area contributed by atoms with Gasteiger partial charge in [-0.05, 0) is 42.5 Å². The van der Waals surface area contributed by atoms with Crippen molar-refractivity contribution in [2.24, 2.45) is 5.92 Å². The first-order valence-electron chi connectivity index (χ1n) is 14.4. The number of amides is 1. The molecule has 3 heterocycles. The van der Waals surface area contributed by atoms with Crippen molar-refractivity contribution < 1.29 is 53.5 Å². The summed E-state index contributed by atoms with van der Waals surface area (Å²) < 4.78 is 25.2. The van der Waals surface area contributed by atoms with Crippen LogP contribution in [0.4, 0.5) is 4.39 Å². The van der Waals surface area contributed by atoms with Crippen molar-refractivity contribution in [2.45, 2.75) is 56.3 Å². The molecule has 0 aliphatic carbocycles. The number of likely N-dealkylation sites (tertiary alicyclic amines) is 1. The van der Waals surface area contributed by atoms with Gasteiger partial charge in [0, 0.05) is 58.7 Å². The number of aliphatic hydroxyl groups is 1. The van der Waals surface area contributed by atoms with Crippen molar-refractivity contribution in [3.8, 4) is 0 Å². The van der Waals surface area contributed by atoms with Crippen molar-refractivity contribution in [1.82, 2.24) is 14.8 Å². The zero-order chi connectivity index (χ0) is 33.2. The fourth-order valence-electron chi connectivity index (χ4n) is 5.62. The molecule has 1 aromatic carbocycles. The minimum atomic E-state index is -2.74. The summed E-state index contributed by atoms with van der Waals surface area (Å²) in [5.41, 5.74) is 1.75. The number of halogens is 1. The molecule has 1 atom stereocenters. The predicted octanol–water partition coefficient (Wildman–Crippen LogP) is 2.21. The molecule has 0 radical (unpaired) electrons. The van der Waals surface area contributed by atoms with E-state index in [1.165, 1.54) is 6.07 Å². The standard InChI is InChI=1S/C24H32FN3O3S.C6H8O7/c1-27(8-3-11-30-2)23(29)19(12-21-16-32-17-26-21)14-28-9-6-24(7-10-28)22-13-20(25)5-4-18(22)15-31-24;7-3(8)1-6(13,5(11)12)2-4(9)10/h4-5,13,16-17,19H,3,6-12,14-15H2,1-2H3;13H,1-2H2,(H,7,8)(H,9,10)(H,11,12). The van der Waals surface area contributed by atoms with Gasteiger partial charge in [0.1, 0.15) is 5.82 Å². The second kappa shape index (κ2) is 16.2. The molecule has 4 rings (SSSR count). The Morgan fingerprint density at radius 1 is 1.18 bits per heavy atom. The molecule has 2 aliphatic rings. The first kappa shape index (κ1) is 36.0. The molecule has 1 fully saturated rings. The zero-order valence-electron chi connectivity index (χ0n) is 25.3. The van der Waals surface area contributed by atoms with Crippen LogP contribution < -0.4 is 0 Å². The monoisotopic (exact) mass is 653 g/mol. The Balaban J connectivity index is 0.000000360. The number of aliphatic carboxylic acids is 3. The number of hydrogen-bond donors (Lipinski definition) is 4. The number of benzene rings is 1. The number of nitrogens with zero attached hydrogens (tertiary/aromatic N) is 3. The maximum atomic E-state index is 13.9. The maximum Gasteiger partial charge on any atom is 0.336 e. The van der Waals surface area contributed by atoms with Gasteiger partial charge in [-0.3, -0.25) is 14.4 Å². The van der Waals surface area contributed by atoms with Crippen LogP contribution in [0.1, 0.15) is 48.9 Å². The summed E-state index contributed by atoms with van der Waals surface area (Å²) in [4.78, 5) is 52.3. The van der Waals surface area contributed by atoms with Crippen LogP contribution >= 0.6 is 11.3 Å². The molecule has 45 heavy (non-hydrogen) atoms. The number of fused-ring (bicyclic) bond motifs is 2. The summed E-state index contributed by atoms with van der Waals surface area (Å²) in [5, 5.41) is 35.8. The third-order valence-corrected chi connectivity index (χ3v) is 8.64. The van der Waals surface area contributed by atoms with E-state index in [1.807, 2.05) is 28.9 Å². The van der Waals surface area contributed by atoms with Crippen LogP contribution in [0, 0.1) is 11.7 Å². The summed E-state index contributed by atoms with van der Waals surface area (Å²) in [5.74, 6) is -5.22. The van der Waals surface area contributed by atoms with Crippen molar-refractivity contribution in [3.63, 3.8) is 0 Å². The van der Waals surface area contributed by atoms with Crippen molar-refractivity contribution in [1.29, 1.82) is 0 Å². The first-order chi connectivity index (χ1) is 21.3. The lowest BCUT2D eigenvalue weighted by molar-refractivity contribution is -0.170. The molecular formula is C30H40FN3O10S. The molecule has 0 saturated carbocycles. The van der Waals surface area contributed by atoms with E-state index in [4.69, 9.17) is 29.9 Å². The van der Waals surface area contributed by atoms with Gasteiger partial charge in [-0.25, -0.2) is 14.2 Å². The fourth-order valence-corrected chi connectivity index (χ4v) is 6.19. The number of carboxylic acids is 3. The maximum absolute atomic E-state index is 13.9. The lowest BCUT2D eigenvalue weighted by Gasteiger charge is -2.40. The van der Waals surface area contributed by atoms with Gasteiger partial charge in [0.25, 0.3) is 0 Å². The number of carbonyl (C=O) groups excluding carboxylic acids is 1. The van der Waals surface area contributed by atoms with Gasteiger partial charge in [-0.2, -0.15) is 0 Å². The highest BCUT2D eigenvalue weighted by Crippen LogP contribution is 2.44. The van der Waals surface area contributed by atoms with Crippen LogP contribution in [0.2, 0.25) is 0 Å². The highest BCUT2D eigenvalue weighted by Gasteiger charge is 2.43. The Kier molecular flexibility index (Phi) is 12.9. The second-order valence-corrected chi connectivity index (χ2v) is 12.1. The lowest BCUT2D eigenvalue weighted by Crippen LogP contribution is -2.47. The van der Waals surface area contributed by atoms with Crippen LogP contribution in [-0.4, -0.2) is 112 Å². The molecule has 1 unspecified atom stereocenters. The third kappa shape index (κ3) is 9.99. The molecule has 1 aromatic heterocycles. The summed E-state index contributed by atoms with van der Waals surface area (Å²) in [6.07, 6.45) is 0.795. The summed E-state index contributed by atoms with van der Waals surface area (Å²) in [7, 11) is 3.55. The Bertz CT molecular complexity index is 1300. The van der Waals surface area contributed by atoms with Gasteiger partial charge >= 0.3 is 17.9 Å². The topological polar surface area (TPSA) is 187 Å². The number of aromatic nitrogens is 1. The molecule has 2 aromatic rings. The van der Waals surface area contributed by atoms with E-state index in [0.29, 0.717) is 32.7 Å². The number of carboxylic acid groups (broad SMARTS) is 3. The zero-order valence-corrected chi connectivity index (χ0v) is 26.1. The van der Waals surface area contributed by atoms with Crippen LogP contribution in [0.3, 0.4) is 0 Å². The van der Waals surface area contributed by atoms with Crippen LogP contribution in [-0.2, 0) is 47.3 Å². The number of ether oxygens (including phenoxy) is 2. The minimum absolute atomic E-state index is 0.145. The van der Waals surface area contributed by atoms with Crippen LogP contribution in [0.25, 0.3) is 0 Å². The molecule has 4 N–H and O–H groups in total. The van der Waals surface area contributed by atoms with E-state index < -0.39 is 36.4 Å². The van der Waals surface area contributed by atoms with E-state index >= 15 is 0 Å². The van der Waals surface area contributed by atoms with Gasteiger partial charge in [0.05, 0.1) is 42.2 Å². The molecule has 248 valence electrons. The number of hydrogen-bond acceptors (Lipinski definition) is 10. The minimum Gasteiger partial charge on any atom is -0.481 e. The van der Waals surface area contributed by atoms with Crippen molar-refractivity contribution in [3.05, 3.63) is 51.7 Å². The third-order valence-electron chi connectivity index (χ3n) is 8.00. The fraction of sp³-hybridized carbons (Fsp3) is 0.567. The van der Waals surface area contributed by atoms with E-state index in [-0.39, 0.29) is 23.2 Å². The van der Waals surface area contributed by atoms with Gasteiger partial charge in [-0.1, -0.05) is 6.07 Å². The van der Waals surface area contributed by atoms with Crippen molar-refractivity contribution in [2.75, 3.05) is 46.9 Å². The molecular weight excluding hydrogens is 613 g/mol. The SMILES string of the molecule is COCCCN(C)C(=O)C(Cc1cscn1)CN1CCC2(CC1)OCc1ccc(F)cc12.O=C(O)CC(O)(CC(=O)O)C(=O)O. The van der Waals surface area contributed by atoms with Gasteiger partial charge in [-0.15, -0.1) is 11.3 Å². The van der Waals surface area contributed by atoms with Gasteiger partial charge in [0.2, 0.25) is 5.91 Å². The molecule has 0 bridgehead atoms. The molecule has 1 amide bonds. The quantitative estimate of drug-likeness (QED) is 0.218. The van der Waals surface area contributed by atoms with Crippen molar-refractivity contribution >= 4 is 35.2 Å². The molecule has 13 nitrogen and oxygen atoms in total. The Morgan fingerprint density at radius 3 is 2.40 bits per heavy atom. The molecule has 15 heteroatoms. The Morgan fingerprint density at radius 2 is 1.84 bits per heavy atom. The van der Waals surface area contributed by atoms with E-state index in [9.17, 15) is 23.6 Å². The average Bonchev–Trinajstić information content (AvgIpc) is 3.61. The number of rotatable bonds is 14. The van der Waals surface area contributed by atoms with Crippen LogP contribution in [0.5, 0.6) is 0 Å². The highest BCUT2D eigenvalue weighted by molar-refractivity contribution is 7.07. The number of piperidine rings is 1. The first-order valence-corrected chi connectivity index (χ1v) is 15.4. The number of thiazole rings is 1. The lowest BCUT2D eigenvalue weighted by atomic mass is 9.83. The summed E-state index contributed by atoms with van der Waals surface area (Å²) in [6, 6.07) is 4.99. The Labute approximate surface area is 264 Å². The largest absolute Gasteiger partial charge is 0.481 e. The van der Waals surface area contributed by atoms with E-state index in [1.54, 1.807) is 24.5 Å². The number of carbonyl (C=O) groups is 4. The Hall–Kier alpha value is -3.50. The highest BCUT2D eigenvalue weighted by atomic mass is 32.1. The predicted molar refractivity (Wildman–Crippen MR) is 159 cm³/mol. The normalized spacial score (nSPS) is 16.4. The van der Waals surface area contributed by atoms with Gasteiger partial charge in [0.15, 0.2) is 5.60 Å². The van der Waals surface area contributed by atoms with Gasteiger partial charge < -0.3 is 39.7 Å². The molecule has 1 spiro atoms. The number of methoxy groups -OCH3 is 1. The van der Waals surface area contributed by atoms with E-state index in [0.717, 1.165) is 49.2 Å². The van der Waals surface area contributed by atoms with E-state index in [2.05, 4.69) is 9.88 Å². The summed E-state index contributed by atoms with van der Waals surface area (Å²) in [6.45, 7) is 4.21. The smallest absolute Gasteiger partial charge is 0.336 e. The second-order valence-electron chi connectivity index (χ2n) is 11.3. The molecule has 2 aliphatic heterocycles.